The number of nitrogen functional groups attached to an aromatic ring is 1. The van der Waals surface area contributed by atoms with Gasteiger partial charge < -0.3 is 15.6 Å². The van der Waals surface area contributed by atoms with Crippen molar-refractivity contribution in [2.24, 2.45) is 5.84 Å². The van der Waals surface area contributed by atoms with E-state index in [4.69, 9.17) is 5.84 Å². The van der Waals surface area contributed by atoms with Crippen molar-refractivity contribution < 1.29 is 0 Å². The Hall–Kier alpha value is -2.34. The van der Waals surface area contributed by atoms with Gasteiger partial charge in [0.15, 0.2) is 0 Å². The molecule has 106 valence electrons. The lowest BCUT2D eigenvalue weighted by atomic mass is 10.2. The number of aryl methyl sites for hydroxylation is 1. The van der Waals surface area contributed by atoms with Gasteiger partial charge in [0.05, 0.1) is 11.4 Å². The largest absolute Gasteiger partial charge is 0.376 e. The molecule has 0 aliphatic heterocycles. The average molecular weight is 272 g/mol. The number of nitrogens with zero attached hydrogens (tertiary/aromatic N) is 3. The second-order valence-electron chi connectivity index (χ2n) is 4.77. The Morgan fingerprint density at radius 2 is 1.70 bits per heavy atom. The first-order valence-corrected chi connectivity index (χ1v) is 6.38. The van der Waals surface area contributed by atoms with Crippen molar-refractivity contribution in [2.75, 3.05) is 29.7 Å². The number of nitrogens with one attached hydrogen (secondary N) is 2. The van der Waals surface area contributed by atoms with E-state index in [9.17, 15) is 0 Å². The number of para-hydroxylation sites is 2. The van der Waals surface area contributed by atoms with E-state index in [2.05, 4.69) is 20.7 Å². The smallest absolute Gasteiger partial charge is 0.148 e. The number of aromatic nitrogens is 2. The van der Waals surface area contributed by atoms with E-state index >= 15 is 0 Å². The van der Waals surface area contributed by atoms with Gasteiger partial charge in [0, 0.05) is 19.7 Å². The molecule has 4 N–H and O–H groups in total. The quantitative estimate of drug-likeness (QED) is 0.585. The molecule has 0 saturated heterocycles. The maximum atomic E-state index is 5.48. The van der Waals surface area contributed by atoms with Crippen LogP contribution in [0.3, 0.4) is 0 Å². The summed E-state index contributed by atoms with van der Waals surface area (Å²) >= 11 is 0. The maximum absolute atomic E-state index is 5.48. The Morgan fingerprint density at radius 1 is 1.05 bits per heavy atom. The number of benzene rings is 1. The van der Waals surface area contributed by atoms with Crippen LogP contribution >= 0.6 is 0 Å². The normalized spacial score (nSPS) is 10.2. The van der Waals surface area contributed by atoms with Gasteiger partial charge in [0.1, 0.15) is 17.5 Å². The monoisotopic (exact) mass is 272 g/mol. The minimum Gasteiger partial charge on any atom is -0.376 e. The lowest BCUT2D eigenvalue weighted by molar-refractivity contribution is 1.02. The van der Waals surface area contributed by atoms with Crippen LogP contribution in [0.1, 0.15) is 11.4 Å². The van der Waals surface area contributed by atoms with Gasteiger partial charge in [0.2, 0.25) is 0 Å². The topological polar surface area (TPSA) is 79.1 Å². The van der Waals surface area contributed by atoms with Crippen molar-refractivity contribution in [3.8, 4) is 0 Å². The molecule has 0 spiro atoms. The molecule has 2 aromatic rings. The molecule has 0 aliphatic carbocycles. The Labute approximate surface area is 119 Å². The summed E-state index contributed by atoms with van der Waals surface area (Å²) in [6, 6.07) is 8.06. The summed E-state index contributed by atoms with van der Waals surface area (Å²) in [4.78, 5) is 10.7. The highest BCUT2D eigenvalue weighted by atomic mass is 15.3. The van der Waals surface area contributed by atoms with Crippen molar-refractivity contribution in [2.45, 2.75) is 13.8 Å². The van der Waals surface area contributed by atoms with E-state index in [1.807, 2.05) is 57.1 Å². The highest BCUT2D eigenvalue weighted by Crippen LogP contribution is 2.29. The molecule has 1 aromatic heterocycles. The van der Waals surface area contributed by atoms with Gasteiger partial charge in [-0.2, -0.15) is 0 Å². The fourth-order valence-electron chi connectivity index (χ4n) is 1.99. The Balaban J connectivity index is 2.43. The highest BCUT2D eigenvalue weighted by Gasteiger charge is 2.11. The van der Waals surface area contributed by atoms with E-state index < -0.39 is 0 Å². The second kappa shape index (κ2) is 5.75. The number of nitrogens with two attached hydrogens (primary N) is 1. The third-order valence-corrected chi connectivity index (χ3v) is 3.03. The molecule has 6 nitrogen and oxygen atoms in total. The zero-order valence-corrected chi connectivity index (χ0v) is 12.2. The fourth-order valence-corrected chi connectivity index (χ4v) is 1.99. The molecule has 1 heterocycles. The van der Waals surface area contributed by atoms with Crippen LogP contribution in [0.2, 0.25) is 0 Å². The molecule has 0 radical (unpaired) electrons. The minimum absolute atomic E-state index is 0.627. The summed E-state index contributed by atoms with van der Waals surface area (Å²) < 4.78 is 0. The molecule has 0 amide bonds. The summed E-state index contributed by atoms with van der Waals surface area (Å²) in [6.45, 7) is 3.76. The molecule has 6 heteroatoms. The Kier molecular flexibility index (Phi) is 4.05. The van der Waals surface area contributed by atoms with Crippen molar-refractivity contribution >= 4 is 23.0 Å². The summed E-state index contributed by atoms with van der Waals surface area (Å²) in [5, 5.41) is 3.35. The third-order valence-electron chi connectivity index (χ3n) is 3.03. The summed E-state index contributed by atoms with van der Waals surface area (Å²) in [7, 11) is 4.01. The summed E-state index contributed by atoms with van der Waals surface area (Å²) in [5.41, 5.74) is 5.56. The molecule has 0 saturated carbocycles. The molecule has 2 rings (SSSR count). The minimum atomic E-state index is 0.627. The lowest BCUT2D eigenvalue weighted by Crippen LogP contribution is -2.14. The van der Waals surface area contributed by atoms with E-state index in [1.54, 1.807) is 0 Å². The molecule has 0 aliphatic rings. The highest BCUT2D eigenvalue weighted by molar-refractivity contribution is 5.75. The zero-order valence-electron chi connectivity index (χ0n) is 12.2. The van der Waals surface area contributed by atoms with Crippen molar-refractivity contribution in [1.29, 1.82) is 0 Å². The zero-order chi connectivity index (χ0) is 14.7. The standard InChI is InChI=1S/C14H20N6/c1-9-13(16-10(2)17-14(9)19-15)18-11-7-5-6-8-12(11)20(3)4/h5-8H,15H2,1-4H3,(H2,16,17,18,19). The predicted molar refractivity (Wildman–Crippen MR) is 83.4 cm³/mol. The molecule has 0 unspecified atom stereocenters. The maximum Gasteiger partial charge on any atom is 0.148 e. The fraction of sp³-hybridized carbons (Fsp3) is 0.286. The van der Waals surface area contributed by atoms with Gasteiger partial charge in [-0.3, -0.25) is 0 Å². The molecular formula is C14H20N6. The lowest BCUT2D eigenvalue weighted by Gasteiger charge is -2.19. The van der Waals surface area contributed by atoms with Gasteiger partial charge in [0.25, 0.3) is 0 Å². The van der Waals surface area contributed by atoms with Crippen LogP contribution in [-0.4, -0.2) is 24.1 Å². The van der Waals surface area contributed by atoms with Gasteiger partial charge in [-0.25, -0.2) is 15.8 Å². The van der Waals surface area contributed by atoms with Crippen molar-refractivity contribution in [3.05, 3.63) is 35.7 Å². The van der Waals surface area contributed by atoms with Gasteiger partial charge in [-0.05, 0) is 26.0 Å². The van der Waals surface area contributed by atoms with Crippen molar-refractivity contribution in [1.82, 2.24) is 9.97 Å². The first kappa shape index (κ1) is 14.1. The number of rotatable bonds is 4. The SMILES string of the molecule is Cc1nc(NN)c(C)c(Nc2ccccc2N(C)C)n1. The Bertz CT molecular complexity index is 609. The van der Waals surface area contributed by atoms with Crippen LogP contribution in [0.4, 0.5) is 23.0 Å². The average Bonchev–Trinajstić information content (AvgIpc) is 2.42. The third kappa shape index (κ3) is 2.80. The van der Waals surface area contributed by atoms with Crippen LogP contribution in [0.5, 0.6) is 0 Å². The van der Waals surface area contributed by atoms with Crippen LogP contribution < -0.4 is 21.5 Å². The van der Waals surface area contributed by atoms with Crippen LogP contribution in [-0.2, 0) is 0 Å². The van der Waals surface area contributed by atoms with Gasteiger partial charge in [-0.15, -0.1) is 0 Å². The number of hydrogen-bond donors (Lipinski definition) is 3. The molecule has 20 heavy (non-hydrogen) atoms. The van der Waals surface area contributed by atoms with E-state index in [0.29, 0.717) is 11.6 Å². The van der Waals surface area contributed by atoms with Crippen LogP contribution in [0, 0.1) is 13.8 Å². The molecule has 1 aromatic carbocycles. The molecular weight excluding hydrogens is 252 g/mol. The van der Waals surface area contributed by atoms with Crippen LogP contribution in [0.25, 0.3) is 0 Å². The first-order valence-electron chi connectivity index (χ1n) is 6.38. The van der Waals surface area contributed by atoms with E-state index in [0.717, 1.165) is 22.8 Å². The van der Waals surface area contributed by atoms with E-state index in [-0.39, 0.29) is 0 Å². The molecule has 0 bridgehead atoms. The van der Waals surface area contributed by atoms with E-state index in [1.165, 1.54) is 0 Å². The van der Waals surface area contributed by atoms with Gasteiger partial charge in [-0.1, -0.05) is 12.1 Å². The molecule has 0 fully saturated rings. The second-order valence-corrected chi connectivity index (χ2v) is 4.77. The number of hydrazine groups is 1. The predicted octanol–water partition coefficient (Wildman–Crippen LogP) is 2.19. The summed E-state index contributed by atoms with van der Waals surface area (Å²) in [5.74, 6) is 7.52. The number of anilines is 4. The van der Waals surface area contributed by atoms with Crippen molar-refractivity contribution in [3.63, 3.8) is 0 Å². The summed E-state index contributed by atoms with van der Waals surface area (Å²) in [6.07, 6.45) is 0. The Morgan fingerprint density at radius 3 is 2.35 bits per heavy atom. The van der Waals surface area contributed by atoms with Crippen LogP contribution in [0.15, 0.2) is 24.3 Å². The first-order chi connectivity index (χ1) is 9.52. The van der Waals surface area contributed by atoms with Gasteiger partial charge >= 0.3 is 0 Å². The number of hydrogen-bond acceptors (Lipinski definition) is 6. The molecule has 0 atom stereocenters.